The number of hydrogen-bond acceptors (Lipinski definition) is 3. The van der Waals surface area contributed by atoms with Gasteiger partial charge in [-0.25, -0.2) is 0 Å². The van der Waals surface area contributed by atoms with Crippen LogP contribution in [0.2, 0.25) is 0 Å². The third-order valence-electron chi connectivity index (χ3n) is 6.62. The molecule has 142 valence electrons. The number of thioether (sulfide) groups is 1. The molecule has 2 atom stereocenters. The Bertz CT molecular complexity index is 324. The summed E-state index contributed by atoms with van der Waals surface area (Å²) in [6.45, 7) is 12.8. The maximum absolute atomic E-state index is 5.60. The summed E-state index contributed by atoms with van der Waals surface area (Å²) in [5.41, 5.74) is 0. The summed E-state index contributed by atoms with van der Waals surface area (Å²) in [6.07, 6.45) is 12.2. The Kier molecular flexibility index (Phi) is 9.50. The maximum Gasteiger partial charge on any atom is 0.0593 e. The number of likely N-dealkylation sites (tertiary alicyclic amines) is 1. The normalized spacial score (nSPS) is 28.5. The summed E-state index contributed by atoms with van der Waals surface area (Å²) < 4.78 is 5.60. The van der Waals surface area contributed by atoms with Gasteiger partial charge in [0.2, 0.25) is 0 Å². The summed E-state index contributed by atoms with van der Waals surface area (Å²) in [5, 5.41) is 0.953. The van der Waals surface area contributed by atoms with E-state index in [4.69, 9.17) is 4.74 Å². The van der Waals surface area contributed by atoms with Crippen LogP contribution in [-0.4, -0.2) is 49.3 Å². The highest BCUT2D eigenvalue weighted by Gasteiger charge is 2.31. The van der Waals surface area contributed by atoms with E-state index in [9.17, 15) is 0 Å². The van der Waals surface area contributed by atoms with Gasteiger partial charge >= 0.3 is 0 Å². The molecular formula is C21H41NOS. The Balaban J connectivity index is 1.53. The molecule has 0 spiro atoms. The summed E-state index contributed by atoms with van der Waals surface area (Å²) in [5.74, 6) is 3.79. The summed E-state index contributed by atoms with van der Waals surface area (Å²) in [6, 6.07) is 0. The first-order valence-corrected chi connectivity index (χ1v) is 11.8. The lowest BCUT2D eigenvalue weighted by atomic mass is 9.76. The molecule has 0 radical (unpaired) electrons. The Morgan fingerprint density at radius 1 is 0.958 bits per heavy atom. The molecule has 1 heterocycles. The zero-order valence-corrected chi connectivity index (χ0v) is 17.5. The Morgan fingerprint density at radius 3 is 2.17 bits per heavy atom. The maximum atomic E-state index is 5.60. The summed E-state index contributed by atoms with van der Waals surface area (Å²) in [7, 11) is 0. The van der Waals surface area contributed by atoms with Gasteiger partial charge in [0.25, 0.3) is 0 Å². The quantitative estimate of drug-likeness (QED) is 0.465. The van der Waals surface area contributed by atoms with E-state index in [2.05, 4.69) is 43.7 Å². The van der Waals surface area contributed by atoms with Crippen LogP contribution in [0.4, 0.5) is 0 Å². The van der Waals surface area contributed by atoms with E-state index in [-0.39, 0.29) is 0 Å². The molecule has 24 heavy (non-hydrogen) atoms. The standard InChI is InChI=1S/C21H41NOS/c1-5-13-23-14-12-22-15-20(16-22)18(3)7-6-17(2)19-8-10-21(24-4)11-9-19/h17-21H,5-16H2,1-4H3. The van der Waals surface area contributed by atoms with Crippen LogP contribution in [0.5, 0.6) is 0 Å². The molecule has 3 heteroatoms. The van der Waals surface area contributed by atoms with E-state index in [1.54, 1.807) is 0 Å². The van der Waals surface area contributed by atoms with Crippen molar-refractivity contribution in [3.8, 4) is 0 Å². The number of rotatable bonds is 11. The molecule has 0 amide bonds. The van der Waals surface area contributed by atoms with Crippen molar-refractivity contribution in [3.63, 3.8) is 0 Å². The second-order valence-corrected chi connectivity index (χ2v) is 9.57. The molecule has 2 nitrogen and oxygen atoms in total. The SMILES string of the molecule is CCCOCCN1CC(C(C)CCC(C)C2CCC(SC)CC2)C1. The highest BCUT2D eigenvalue weighted by atomic mass is 32.2. The van der Waals surface area contributed by atoms with E-state index in [1.807, 2.05) is 0 Å². The molecule has 0 N–H and O–H groups in total. The fourth-order valence-corrected chi connectivity index (χ4v) is 5.23. The predicted molar refractivity (Wildman–Crippen MR) is 108 cm³/mol. The first kappa shape index (κ1) is 20.6. The van der Waals surface area contributed by atoms with E-state index < -0.39 is 0 Å². The minimum absolute atomic E-state index is 0.905. The van der Waals surface area contributed by atoms with Gasteiger partial charge < -0.3 is 9.64 Å². The van der Waals surface area contributed by atoms with Gasteiger partial charge in [-0.15, -0.1) is 0 Å². The van der Waals surface area contributed by atoms with Crippen LogP contribution >= 0.6 is 11.8 Å². The van der Waals surface area contributed by atoms with Crippen LogP contribution < -0.4 is 0 Å². The van der Waals surface area contributed by atoms with Crippen molar-refractivity contribution in [2.24, 2.45) is 23.7 Å². The van der Waals surface area contributed by atoms with Crippen LogP contribution in [0.1, 0.15) is 65.7 Å². The molecule has 1 aliphatic carbocycles. The van der Waals surface area contributed by atoms with Crippen molar-refractivity contribution < 1.29 is 4.74 Å². The van der Waals surface area contributed by atoms with Crippen molar-refractivity contribution in [1.82, 2.24) is 4.90 Å². The Hall–Kier alpha value is 0.270. The minimum atomic E-state index is 0.905. The molecule has 2 fully saturated rings. The van der Waals surface area contributed by atoms with Gasteiger partial charge in [0.15, 0.2) is 0 Å². The van der Waals surface area contributed by atoms with Gasteiger partial charge in [0, 0.05) is 31.5 Å². The lowest BCUT2D eigenvalue weighted by Gasteiger charge is -2.43. The van der Waals surface area contributed by atoms with Crippen LogP contribution in [0.3, 0.4) is 0 Å². The molecule has 0 aromatic heterocycles. The topological polar surface area (TPSA) is 12.5 Å². The largest absolute Gasteiger partial charge is 0.380 e. The fourth-order valence-electron chi connectivity index (χ4n) is 4.48. The second-order valence-electron chi connectivity index (χ2n) is 8.44. The van der Waals surface area contributed by atoms with Gasteiger partial charge in [-0.05, 0) is 62.0 Å². The minimum Gasteiger partial charge on any atom is -0.380 e. The summed E-state index contributed by atoms with van der Waals surface area (Å²) >= 11 is 2.09. The molecule has 2 rings (SSSR count). The molecule has 1 saturated carbocycles. The number of nitrogens with zero attached hydrogens (tertiary/aromatic N) is 1. The van der Waals surface area contributed by atoms with Crippen molar-refractivity contribution >= 4 is 11.8 Å². The van der Waals surface area contributed by atoms with Crippen LogP contribution in [-0.2, 0) is 4.74 Å². The third kappa shape index (κ3) is 6.53. The highest BCUT2D eigenvalue weighted by Crippen LogP contribution is 2.37. The van der Waals surface area contributed by atoms with Crippen molar-refractivity contribution in [1.29, 1.82) is 0 Å². The average molecular weight is 356 g/mol. The van der Waals surface area contributed by atoms with Gasteiger partial charge in [-0.2, -0.15) is 11.8 Å². The average Bonchev–Trinajstić information content (AvgIpc) is 2.57. The van der Waals surface area contributed by atoms with E-state index >= 15 is 0 Å². The van der Waals surface area contributed by atoms with Crippen molar-refractivity contribution in [2.45, 2.75) is 71.0 Å². The molecule has 0 aromatic carbocycles. The lowest BCUT2D eigenvalue weighted by Crippen LogP contribution is -2.50. The van der Waals surface area contributed by atoms with Crippen molar-refractivity contribution in [3.05, 3.63) is 0 Å². The second kappa shape index (κ2) is 11.1. The molecule has 1 saturated heterocycles. The molecule has 2 aliphatic rings. The van der Waals surface area contributed by atoms with Gasteiger partial charge in [0.05, 0.1) is 6.61 Å². The Labute approximate surface area is 155 Å². The lowest BCUT2D eigenvalue weighted by molar-refractivity contribution is 0.0242. The highest BCUT2D eigenvalue weighted by molar-refractivity contribution is 7.99. The van der Waals surface area contributed by atoms with E-state index in [0.717, 1.165) is 55.1 Å². The van der Waals surface area contributed by atoms with Gasteiger partial charge in [-0.1, -0.05) is 33.6 Å². The monoisotopic (exact) mass is 355 g/mol. The number of ether oxygens (including phenoxy) is 1. The number of hydrogen-bond donors (Lipinski definition) is 0. The zero-order valence-electron chi connectivity index (χ0n) is 16.6. The van der Waals surface area contributed by atoms with Crippen molar-refractivity contribution in [2.75, 3.05) is 39.1 Å². The molecular weight excluding hydrogens is 314 g/mol. The smallest absolute Gasteiger partial charge is 0.0593 e. The molecule has 2 unspecified atom stereocenters. The first-order valence-electron chi connectivity index (χ1n) is 10.5. The third-order valence-corrected chi connectivity index (χ3v) is 7.76. The van der Waals surface area contributed by atoms with Gasteiger partial charge in [0.1, 0.15) is 0 Å². The molecule has 1 aliphatic heterocycles. The van der Waals surface area contributed by atoms with Crippen LogP contribution in [0, 0.1) is 23.7 Å². The zero-order chi connectivity index (χ0) is 17.4. The first-order chi connectivity index (χ1) is 11.6. The molecule has 0 aromatic rings. The predicted octanol–water partition coefficient (Wildman–Crippen LogP) is 5.32. The van der Waals surface area contributed by atoms with Crippen LogP contribution in [0.15, 0.2) is 0 Å². The fraction of sp³-hybridized carbons (Fsp3) is 1.00. The van der Waals surface area contributed by atoms with E-state index in [1.165, 1.54) is 51.6 Å². The Morgan fingerprint density at radius 2 is 1.58 bits per heavy atom. The molecule has 0 bridgehead atoms. The van der Waals surface area contributed by atoms with Crippen LogP contribution in [0.25, 0.3) is 0 Å². The summed E-state index contributed by atoms with van der Waals surface area (Å²) in [4.78, 5) is 2.57. The van der Waals surface area contributed by atoms with E-state index in [0.29, 0.717) is 0 Å². The van der Waals surface area contributed by atoms with Gasteiger partial charge in [-0.3, -0.25) is 0 Å².